The first-order chi connectivity index (χ1) is 14.8. The summed E-state index contributed by atoms with van der Waals surface area (Å²) >= 11 is 0. The number of para-hydroxylation sites is 1. The van der Waals surface area contributed by atoms with Crippen molar-refractivity contribution in [2.24, 2.45) is 0 Å². The number of nitrogens with zero attached hydrogens (tertiary/aromatic N) is 2. The van der Waals surface area contributed by atoms with Gasteiger partial charge in [0.1, 0.15) is 5.75 Å². The maximum atomic E-state index is 12.9. The van der Waals surface area contributed by atoms with Crippen LogP contribution in [-0.4, -0.2) is 19.3 Å². The molecule has 31 heavy (non-hydrogen) atoms. The van der Waals surface area contributed by atoms with Crippen LogP contribution in [0.25, 0.3) is 0 Å². The van der Waals surface area contributed by atoms with E-state index < -0.39 is 12.7 Å². The molecular weight excluding hydrogens is 405 g/mol. The predicted octanol–water partition coefficient (Wildman–Crippen LogP) is 6.81. The molecule has 0 N–H and O–H groups in total. The third kappa shape index (κ3) is 4.32. The van der Waals surface area contributed by atoms with E-state index in [9.17, 15) is 13.2 Å². The van der Waals surface area contributed by atoms with E-state index in [1.165, 1.54) is 12.1 Å². The maximum Gasteiger partial charge on any atom is 0.573 e. The van der Waals surface area contributed by atoms with Crippen LogP contribution in [0.3, 0.4) is 0 Å². The molecule has 1 aliphatic rings. The van der Waals surface area contributed by atoms with E-state index in [1.807, 2.05) is 79.1 Å². The van der Waals surface area contributed by atoms with Crippen molar-refractivity contribution in [1.29, 1.82) is 0 Å². The van der Waals surface area contributed by atoms with Crippen LogP contribution >= 0.6 is 0 Å². The summed E-state index contributed by atoms with van der Waals surface area (Å²) in [6.07, 6.45) is -5.33. The number of rotatable bonds is 5. The molecule has 1 heterocycles. The van der Waals surface area contributed by atoms with E-state index in [1.54, 1.807) is 6.07 Å². The van der Waals surface area contributed by atoms with E-state index in [-0.39, 0.29) is 5.75 Å². The average Bonchev–Trinajstić information content (AvgIpc) is 3.00. The lowest BCUT2D eigenvalue weighted by Crippen LogP contribution is -2.40. The lowest BCUT2D eigenvalue weighted by atomic mass is 10.1. The third-order valence-electron chi connectivity index (χ3n) is 4.98. The summed E-state index contributed by atoms with van der Waals surface area (Å²) in [5.41, 5.74) is 5.12. The third-order valence-corrected chi connectivity index (χ3v) is 4.98. The highest BCUT2D eigenvalue weighted by Crippen LogP contribution is 2.49. The number of halogens is 3. The summed E-state index contributed by atoms with van der Waals surface area (Å²) in [4.78, 5) is 3.89. The monoisotopic (exact) mass is 428 g/mol. The molecule has 0 radical (unpaired) electrons. The minimum Gasteiger partial charge on any atom is -0.406 e. The van der Waals surface area contributed by atoms with Crippen LogP contribution in [0.1, 0.15) is 18.1 Å². The lowest BCUT2D eigenvalue weighted by Gasteiger charge is -2.32. The van der Waals surface area contributed by atoms with Gasteiger partial charge in [-0.2, -0.15) is 0 Å². The quantitative estimate of drug-likeness (QED) is 0.446. The first-order valence-electron chi connectivity index (χ1n) is 10.00. The molecule has 162 valence electrons. The zero-order valence-corrected chi connectivity index (χ0v) is 17.5. The summed E-state index contributed by atoms with van der Waals surface area (Å²) in [6, 6.07) is 20.1. The molecule has 0 aliphatic carbocycles. The number of fused-ring (bicyclic) bond motifs is 1. The second-order valence-corrected chi connectivity index (χ2v) is 7.40. The van der Waals surface area contributed by atoms with Gasteiger partial charge in [0.05, 0.1) is 11.4 Å². The number of hydrogen-bond donors (Lipinski definition) is 0. The van der Waals surface area contributed by atoms with Crippen molar-refractivity contribution in [2.45, 2.75) is 33.5 Å². The zero-order chi connectivity index (χ0) is 22.2. The minimum atomic E-state index is -4.77. The molecule has 0 aromatic heterocycles. The van der Waals surface area contributed by atoms with Crippen molar-refractivity contribution in [3.05, 3.63) is 77.9 Å². The molecule has 1 unspecified atom stereocenters. The van der Waals surface area contributed by atoms with Gasteiger partial charge in [0.15, 0.2) is 0 Å². The maximum absolute atomic E-state index is 12.9. The van der Waals surface area contributed by atoms with Crippen molar-refractivity contribution in [2.75, 3.05) is 16.4 Å². The van der Waals surface area contributed by atoms with Gasteiger partial charge in [0.25, 0.3) is 0 Å². The fourth-order valence-electron chi connectivity index (χ4n) is 3.96. The van der Waals surface area contributed by atoms with Crippen LogP contribution in [0.4, 0.5) is 35.9 Å². The van der Waals surface area contributed by atoms with Crippen molar-refractivity contribution in [3.8, 4) is 5.75 Å². The Kier molecular flexibility index (Phi) is 5.54. The first kappa shape index (κ1) is 21.1. The SMILES string of the molecule is CCOC1N(c2ccccc2)c2ccc(OC(F)(F)F)cc2N1c1cc(C)cc(C)c1. The molecule has 1 aliphatic heterocycles. The molecule has 1 atom stereocenters. The van der Waals surface area contributed by atoms with Gasteiger partial charge in [0.2, 0.25) is 6.35 Å². The fraction of sp³-hybridized carbons (Fsp3) is 0.250. The molecule has 0 saturated carbocycles. The number of benzene rings is 3. The number of hydrogen-bond acceptors (Lipinski definition) is 4. The van der Waals surface area contributed by atoms with E-state index in [0.29, 0.717) is 12.3 Å². The molecule has 4 nitrogen and oxygen atoms in total. The number of alkyl halides is 3. The van der Waals surface area contributed by atoms with E-state index in [0.717, 1.165) is 28.2 Å². The Balaban J connectivity index is 1.91. The minimum absolute atomic E-state index is 0.272. The molecule has 3 aromatic carbocycles. The Morgan fingerprint density at radius 2 is 1.45 bits per heavy atom. The van der Waals surface area contributed by atoms with Crippen molar-refractivity contribution in [1.82, 2.24) is 0 Å². The number of anilines is 4. The van der Waals surface area contributed by atoms with E-state index in [4.69, 9.17) is 4.74 Å². The summed E-state index contributed by atoms with van der Waals surface area (Å²) < 4.78 is 49.0. The van der Waals surface area contributed by atoms with Gasteiger partial charge in [0, 0.05) is 24.0 Å². The van der Waals surface area contributed by atoms with Crippen LogP contribution in [0, 0.1) is 13.8 Å². The highest BCUT2D eigenvalue weighted by atomic mass is 19.4. The Bertz CT molecular complexity index is 1050. The summed E-state index contributed by atoms with van der Waals surface area (Å²) in [7, 11) is 0. The van der Waals surface area contributed by atoms with Gasteiger partial charge in [-0.05, 0) is 68.3 Å². The van der Waals surface area contributed by atoms with Crippen LogP contribution in [0.5, 0.6) is 5.75 Å². The van der Waals surface area contributed by atoms with Crippen LogP contribution in [0.2, 0.25) is 0 Å². The number of aryl methyl sites for hydroxylation is 2. The van der Waals surface area contributed by atoms with Gasteiger partial charge < -0.3 is 9.47 Å². The fourth-order valence-corrected chi connectivity index (χ4v) is 3.96. The molecule has 0 fully saturated rings. The van der Waals surface area contributed by atoms with Crippen LogP contribution < -0.4 is 14.5 Å². The van der Waals surface area contributed by atoms with Gasteiger partial charge in [-0.15, -0.1) is 13.2 Å². The van der Waals surface area contributed by atoms with Crippen molar-refractivity contribution < 1.29 is 22.6 Å². The topological polar surface area (TPSA) is 24.9 Å². The molecule has 7 heteroatoms. The summed E-state index contributed by atoms with van der Waals surface area (Å²) in [5, 5.41) is 0. The number of ether oxygens (including phenoxy) is 2. The van der Waals surface area contributed by atoms with Crippen molar-refractivity contribution >= 4 is 22.7 Å². The van der Waals surface area contributed by atoms with Gasteiger partial charge in [-0.3, -0.25) is 9.80 Å². The second-order valence-electron chi connectivity index (χ2n) is 7.40. The normalized spacial score (nSPS) is 15.9. The Morgan fingerprint density at radius 1 is 0.806 bits per heavy atom. The van der Waals surface area contributed by atoms with Crippen LogP contribution in [0.15, 0.2) is 66.7 Å². The standard InChI is InChI=1S/C24H23F3N2O2/c1-4-30-23-28(18-8-6-5-7-9-18)21-11-10-20(31-24(25,26)27)15-22(21)29(23)19-13-16(2)12-17(3)14-19/h5-15,23H,4H2,1-3H3. The molecule has 4 rings (SSSR count). The first-order valence-corrected chi connectivity index (χ1v) is 10.00. The molecule has 0 spiro atoms. The Labute approximate surface area is 179 Å². The molecule has 0 saturated heterocycles. The second kappa shape index (κ2) is 8.15. The Morgan fingerprint density at radius 3 is 2.06 bits per heavy atom. The van der Waals surface area contributed by atoms with E-state index in [2.05, 4.69) is 4.74 Å². The molecular formula is C24H23F3N2O2. The molecule has 0 amide bonds. The highest BCUT2D eigenvalue weighted by molar-refractivity contribution is 5.88. The van der Waals surface area contributed by atoms with Gasteiger partial charge in [-0.25, -0.2) is 0 Å². The zero-order valence-electron chi connectivity index (χ0n) is 17.5. The predicted molar refractivity (Wildman–Crippen MR) is 115 cm³/mol. The average molecular weight is 428 g/mol. The van der Waals surface area contributed by atoms with Crippen molar-refractivity contribution in [3.63, 3.8) is 0 Å². The largest absolute Gasteiger partial charge is 0.573 e. The van der Waals surface area contributed by atoms with E-state index >= 15 is 0 Å². The van der Waals surface area contributed by atoms with Crippen LogP contribution in [-0.2, 0) is 4.74 Å². The summed E-state index contributed by atoms with van der Waals surface area (Å²) in [6.45, 7) is 6.29. The lowest BCUT2D eigenvalue weighted by molar-refractivity contribution is -0.274. The van der Waals surface area contributed by atoms with Gasteiger partial charge >= 0.3 is 6.36 Å². The summed E-state index contributed by atoms with van der Waals surface area (Å²) in [5.74, 6) is -0.272. The highest BCUT2D eigenvalue weighted by Gasteiger charge is 2.40. The molecule has 0 bridgehead atoms. The molecule has 3 aromatic rings. The van der Waals surface area contributed by atoms with Gasteiger partial charge in [-0.1, -0.05) is 24.3 Å². The Hall–Kier alpha value is -3.19. The smallest absolute Gasteiger partial charge is 0.406 e.